The van der Waals surface area contributed by atoms with Gasteiger partial charge >= 0.3 is 0 Å². The molecular formula is C17H17N3O2S. The molecule has 1 amide bonds. The third-order valence-corrected chi connectivity index (χ3v) is 4.68. The van der Waals surface area contributed by atoms with Crippen molar-refractivity contribution in [2.24, 2.45) is 0 Å². The average molecular weight is 327 g/mol. The first-order valence-corrected chi connectivity index (χ1v) is 8.26. The van der Waals surface area contributed by atoms with Gasteiger partial charge in [-0.2, -0.15) is 0 Å². The molecule has 2 aromatic heterocycles. The van der Waals surface area contributed by atoms with Crippen LogP contribution in [0.4, 0.5) is 0 Å². The summed E-state index contributed by atoms with van der Waals surface area (Å²) in [5, 5.41) is 3.63. The Hall–Kier alpha value is -2.47. The molecular weight excluding hydrogens is 310 g/mol. The van der Waals surface area contributed by atoms with E-state index in [-0.39, 0.29) is 11.5 Å². The number of nitrogens with one attached hydrogen (secondary N) is 1. The normalized spacial score (nSPS) is 10.8. The third kappa shape index (κ3) is 3.84. The standard InChI is InChI=1S/C17H17N3O2S/c21-16(19-12-13-7-9-18-10-8-13)6-3-11-20-17(22)14-4-1-2-5-15(14)23-20/h1-2,4-5,7-10H,3,6,11-12H2,(H,19,21). The zero-order chi connectivity index (χ0) is 16.1. The third-order valence-electron chi connectivity index (χ3n) is 3.56. The number of carbonyl (C=O) groups is 1. The minimum absolute atomic E-state index is 0.00373. The van der Waals surface area contributed by atoms with Crippen LogP contribution in [0.1, 0.15) is 18.4 Å². The second-order valence-corrected chi connectivity index (χ2v) is 6.29. The van der Waals surface area contributed by atoms with Crippen molar-refractivity contribution in [1.82, 2.24) is 14.3 Å². The van der Waals surface area contributed by atoms with Gasteiger partial charge in [0.25, 0.3) is 5.56 Å². The fraction of sp³-hybridized carbons (Fsp3) is 0.235. The lowest BCUT2D eigenvalue weighted by Crippen LogP contribution is -2.23. The zero-order valence-electron chi connectivity index (χ0n) is 12.6. The van der Waals surface area contributed by atoms with Crippen molar-refractivity contribution in [2.45, 2.75) is 25.9 Å². The number of hydrogen-bond acceptors (Lipinski definition) is 4. The van der Waals surface area contributed by atoms with Gasteiger partial charge < -0.3 is 5.32 Å². The lowest BCUT2D eigenvalue weighted by atomic mass is 10.2. The largest absolute Gasteiger partial charge is 0.352 e. The maximum atomic E-state index is 12.2. The van der Waals surface area contributed by atoms with Crippen molar-refractivity contribution in [2.75, 3.05) is 0 Å². The number of aromatic nitrogens is 2. The van der Waals surface area contributed by atoms with Crippen molar-refractivity contribution in [3.63, 3.8) is 0 Å². The van der Waals surface area contributed by atoms with Crippen molar-refractivity contribution < 1.29 is 4.79 Å². The summed E-state index contributed by atoms with van der Waals surface area (Å²) in [6, 6.07) is 11.3. The maximum Gasteiger partial charge on any atom is 0.268 e. The van der Waals surface area contributed by atoms with Crippen LogP contribution in [-0.4, -0.2) is 14.8 Å². The van der Waals surface area contributed by atoms with E-state index in [0.29, 0.717) is 25.9 Å². The van der Waals surface area contributed by atoms with E-state index in [0.717, 1.165) is 15.6 Å². The highest BCUT2D eigenvalue weighted by molar-refractivity contribution is 7.13. The van der Waals surface area contributed by atoms with Gasteiger partial charge in [0.1, 0.15) is 0 Å². The van der Waals surface area contributed by atoms with Crippen LogP contribution in [0, 0.1) is 0 Å². The van der Waals surface area contributed by atoms with E-state index in [1.54, 1.807) is 16.4 Å². The molecule has 118 valence electrons. The molecule has 6 heteroatoms. The Morgan fingerprint density at radius 1 is 1.17 bits per heavy atom. The van der Waals surface area contributed by atoms with Crippen LogP contribution in [0.25, 0.3) is 10.1 Å². The summed E-state index contributed by atoms with van der Waals surface area (Å²) in [5.74, 6) is -0.00373. The average Bonchev–Trinajstić information content (AvgIpc) is 2.91. The molecule has 3 rings (SSSR count). The van der Waals surface area contributed by atoms with Gasteiger partial charge in [0.05, 0.1) is 10.1 Å². The number of rotatable bonds is 6. The number of carbonyl (C=O) groups excluding carboxylic acids is 1. The molecule has 0 spiro atoms. The van der Waals surface area contributed by atoms with Gasteiger partial charge in [-0.1, -0.05) is 23.7 Å². The van der Waals surface area contributed by atoms with E-state index in [1.165, 1.54) is 11.5 Å². The van der Waals surface area contributed by atoms with Crippen LogP contribution < -0.4 is 10.9 Å². The minimum Gasteiger partial charge on any atom is -0.352 e. The van der Waals surface area contributed by atoms with Gasteiger partial charge in [-0.3, -0.25) is 18.5 Å². The predicted octanol–water partition coefficient (Wildman–Crippen LogP) is 2.55. The summed E-state index contributed by atoms with van der Waals surface area (Å²) in [6.45, 7) is 1.07. The first-order chi connectivity index (χ1) is 11.2. The summed E-state index contributed by atoms with van der Waals surface area (Å²) in [6.07, 6.45) is 4.46. The van der Waals surface area contributed by atoms with Crippen LogP contribution in [-0.2, 0) is 17.9 Å². The summed E-state index contributed by atoms with van der Waals surface area (Å²) in [7, 11) is 0. The van der Waals surface area contributed by atoms with Crippen molar-refractivity contribution in [1.29, 1.82) is 0 Å². The summed E-state index contributed by atoms with van der Waals surface area (Å²) < 4.78 is 2.71. The molecule has 0 atom stereocenters. The Labute approximate surface area is 137 Å². The Kier molecular flexibility index (Phi) is 4.83. The number of aryl methyl sites for hydroxylation is 1. The van der Waals surface area contributed by atoms with Gasteiger partial charge in [-0.05, 0) is 36.2 Å². The van der Waals surface area contributed by atoms with Gasteiger partial charge in [0.15, 0.2) is 0 Å². The topological polar surface area (TPSA) is 64.0 Å². The van der Waals surface area contributed by atoms with Crippen LogP contribution in [0.5, 0.6) is 0 Å². The van der Waals surface area contributed by atoms with E-state index in [2.05, 4.69) is 10.3 Å². The molecule has 0 radical (unpaired) electrons. The second kappa shape index (κ2) is 7.19. The van der Waals surface area contributed by atoms with Crippen LogP contribution in [0.3, 0.4) is 0 Å². The molecule has 5 nitrogen and oxygen atoms in total. The van der Waals surface area contributed by atoms with E-state index in [9.17, 15) is 9.59 Å². The number of benzene rings is 1. The number of nitrogens with zero attached hydrogens (tertiary/aromatic N) is 2. The number of fused-ring (bicyclic) bond motifs is 1. The quantitative estimate of drug-likeness (QED) is 0.757. The molecule has 0 saturated carbocycles. The molecule has 1 N–H and O–H groups in total. The van der Waals surface area contributed by atoms with E-state index in [1.807, 2.05) is 36.4 Å². The summed E-state index contributed by atoms with van der Waals surface area (Å²) in [4.78, 5) is 28.0. The molecule has 1 aromatic carbocycles. The zero-order valence-corrected chi connectivity index (χ0v) is 13.4. The summed E-state index contributed by atoms with van der Waals surface area (Å²) >= 11 is 1.45. The Balaban J connectivity index is 1.49. The highest BCUT2D eigenvalue weighted by Gasteiger charge is 2.07. The van der Waals surface area contributed by atoms with Crippen molar-refractivity contribution in [3.05, 3.63) is 64.7 Å². The van der Waals surface area contributed by atoms with Gasteiger partial charge in [-0.25, -0.2) is 0 Å². The lowest BCUT2D eigenvalue weighted by molar-refractivity contribution is -0.121. The van der Waals surface area contributed by atoms with E-state index < -0.39 is 0 Å². The molecule has 0 aliphatic rings. The van der Waals surface area contributed by atoms with Crippen LogP contribution >= 0.6 is 11.5 Å². The first-order valence-electron chi connectivity index (χ1n) is 7.48. The molecule has 0 bridgehead atoms. The van der Waals surface area contributed by atoms with Crippen molar-refractivity contribution >= 4 is 27.5 Å². The van der Waals surface area contributed by atoms with Crippen molar-refractivity contribution in [3.8, 4) is 0 Å². The monoisotopic (exact) mass is 327 g/mol. The predicted molar refractivity (Wildman–Crippen MR) is 91.4 cm³/mol. The van der Waals surface area contributed by atoms with Crippen LogP contribution in [0.15, 0.2) is 53.6 Å². The Bertz CT molecular complexity index is 855. The fourth-order valence-corrected chi connectivity index (χ4v) is 3.37. The van der Waals surface area contributed by atoms with Crippen LogP contribution in [0.2, 0.25) is 0 Å². The highest BCUT2D eigenvalue weighted by atomic mass is 32.1. The molecule has 0 aliphatic heterocycles. The van der Waals surface area contributed by atoms with E-state index in [4.69, 9.17) is 0 Å². The molecule has 0 aliphatic carbocycles. The molecule has 2 heterocycles. The van der Waals surface area contributed by atoms with Gasteiger partial charge in [-0.15, -0.1) is 0 Å². The van der Waals surface area contributed by atoms with E-state index >= 15 is 0 Å². The molecule has 23 heavy (non-hydrogen) atoms. The highest BCUT2D eigenvalue weighted by Crippen LogP contribution is 2.16. The SMILES string of the molecule is O=C(CCCn1sc2ccccc2c1=O)NCc1ccncc1. The fourth-order valence-electron chi connectivity index (χ4n) is 2.34. The maximum absolute atomic E-state index is 12.2. The van der Waals surface area contributed by atoms with Gasteiger partial charge in [0, 0.05) is 31.9 Å². The Morgan fingerprint density at radius 3 is 2.74 bits per heavy atom. The lowest BCUT2D eigenvalue weighted by Gasteiger charge is -2.05. The molecule has 3 aromatic rings. The number of pyridine rings is 1. The molecule has 0 fully saturated rings. The first kappa shape index (κ1) is 15.4. The minimum atomic E-state index is -0.00373. The molecule has 0 unspecified atom stereocenters. The smallest absolute Gasteiger partial charge is 0.268 e. The Morgan fingerprint density at radius 2 is 1.96 bits per heavy atom. The molecule has 0 saturated heterocycles. The second-order valence-electron chi connectivity index (χ2n) is 5.23. The number of hydrogen-bond donors (Lipinski definition) is 1. The van der Waals surface area contributed by atoms with Gasteiger partial charge in [0.2, 0.25) is 5.91 Å². The number of amides is 1. The summed E-state index contributed by atoms with van der Waals surface area (Å²) in [5.41, 5.74) is 1.05.